The lowest BCUT2D eigenvalue weighted by molar-refractivity contribution is 0.0685. The topological polar surface area (TPSA) is 41.6 Å². The maximum absolute atomic E-state index is 13.3. The average molecular weight is 399 g/mol. The lowest BCUT2D eigenvalue weighted by Gasteiger charge is -2.38. The number of nitrogens with zero attached hydrogens (tertiary/aromatic N) is 1. The van der Waals surface area contributed by atoms with Crippen LogP contribution in [0.2, 0.25) is 0 Å². The van der Waals surface area contributed by atoms with Gasteiger partial charge in [-0.3, -0.25) is 4.79 Å². The van der Waals surface area contributed by atoms with Crippen LogP contribution in [0.5, 0.6) is 5.75 Å². The van der Waals surface area contributed by atoms with Crippen molar-refractivity contribution in [3.05, 3.63) is 108 Å². The van der Waals surface area contributed by atoms with Gasteiger partial charge in [0.1, 0.15) is 18.5 Å². The summed E-state index contributed by atoms with van der Waals surface area (Å²) < 4.78 is 5.72. The third kappa shape index (κ3) is 4.38. The number of hydrogen-bond donors (Lipinski definition) is 1. The largest absolute Gasteiger partial charge is 0.489 e. The number of ether oxygens (including phenoxy) is 1. The number of fused-ring (bicyclic) bond motifs is 1. The predicted molar refractivity (Wildman–Crippen MR) is 121 cm³/mol. The molecule has 1 amide bonds. The second kappa shape index (κ2) is 8.87. The summed E-state index contributed by atoms with van der Waals surface area (Å²) in [6.45, 7) is 6.93. The Morgan fingerprint density at radius 2 is 1.70 bits per heavy atom. The van der Waals surface area contributed by atoms with Crippen LogP contribution in [0.3, 0.4) is 0 Å². The van der Waals surface area contributed by atoms with Crippen LogP contribution >= 0.6 is 0 Å². The van der Waals surface area contributed by atoms with E-state index in [1.807, 2.05) is 78.6 Å². The van der Waals surface area contributed by atoms with E-state index in [2.05, 4.69) is 24.0 Å². The van der Waals surface area contributed by atoms with Gasteiger partial charge < -0.3 is 15.0 Å². The van der Waals surface area contributed by atoms with E-state index < -0.39 is 0 Å². The number of amides is 1. The molecule has 0 fully saturated rings. The summed E-state index contributed by atoms with van der Waals surface area (Å²) in [6, 6.07) is 25.9. The molecule has 1 N–H and O–H groups in total. The lowest BCUT2D eigenvalue weighted by Crippen LogP contribution is -2.43. The SMILES string of the molecule is C=C(C)COc1ccc(C2Nc3ccccc3C(=O)N2CCc2ccccc2)cc1. The van der Waals surface area contributed by atoms with E-state index in [1.54, 1.807) is 0 Å². The maximum Gasteiger partial charge on any atom is 0.257 e. The highest BCUT2D eigenvalue weighted by Crippen LogP contribution is 2.33. The van der Waals surface area contributed by atoms with Crippen molar-refractivity contribution >= 4 is 11.6 Å². The molecule has 4 nitrogen and oxygen atoms in total. The highest BCUT2D eigenvalue weighted by Gasteiger charge is 2.32. The first kappa shape index (κ1) is 19.8. The van der Waals surface area contributed by atoms with Crippen LogP contribution in [0.1, 0.15) is 34.6 Å². The minimum atomic E-state index is -0.230. The normalized spacial score (nSPS) is 15.3. The molecule has 4 heteroatoms. The van der Waals surface area contributed by atoms with Gasteiger partial charge >= 0.3 is 0 Å². The number of carbonyl (C=O) groups excluding carboxylic acids is 1. The Balaban J connectivity index is 1.59. The van der Waals surface area contributed by atoms with E-state index in [0.29, 0.717) is 18.7 Å². The van der Waals surface area contributed by atoms with Crippen LogP contribution in [0.4, 0.5) is 5.69 Å². The van der Waals surface area contributed by atoms with E-state index in [4.69, 9.17) is 4.74 Å². The molecule has 0 bridgehead atoms. The van der Waals surface area contributed by atoms with Crippen molar-refractivity contribution in [1.82, 2.24) is 4.90 Å². The number of nitrogens with one attached hydrogen (secondary N) is 1. The molecule has 4 rings (SSSR count). The maximum atomic E-state index is 13.3. The number of carbonyl (C=O) groups is 1. The molecule has 1 unspecified atom stereocenters. The van der Waals surface area contributed by atoms with Crippen molar-refractivity contribution in [3.8, 4) is 5.75 Å². The molecular formula is C26H26N2O2. The average Bonchev–Trinajstić information content (AvgIpc) is 2.78. The monoisotopic (exact) mass is 398 g/mol. The quantitative estimate of drug-likeness (QED) is 0.538. The first-order chi connectivity index (χ1) is 14.6. The Kier molecular flexibility index (Phi) is 5.84. The molecule has 0 aromatic heterocycles. The van der Waals surface area contributed by atoms with Gasteiger partial charge in [-0.05, 0) is 54.3 Å². The molecule has 1 heterocycles. The van der Waals surface area contributed by atoms with Gasteiger partial charge in [0.05, 0.1) is 5.56 Å². The van der Waals surface area contributed by atoms with Gasteiger partial charge in [-0.15, -0.1) is 0 Å². The molecular weight excluding hydrogens is 372 g/mol. The van der Waals surface area contributed by atoms with Crippen LogP contribution in [-0.4, -0.2) is 24.0 Å². The fraction of sp³-hybridized carbons (Fsp3) is 0.192. The fourth-order valence-corrected chi connectivity index (χ4v) is 3.63. The summed E-state index contributed by atoms with van der Waals surface area (Å²) in [5, 5.41) is 3.55. The molecule has 3 aromatic rings. The van der Waals surface area contributed by atoms with Gasteiger partial charge in [0.15, 0.2) is 0 Å². The van der Waals surface area contributed by atoms with Gasteiger partial charge in [0.2, 0.25) is 0 Å². The third-order valence-electron chi connectivity index (χ3n) is 5.19. The van der Waals surface area contributed by atoms with Crippen LogP contribution in [0, 0.1) is 0 Å². The molecule has 1 atom stereocenters. The smallest absolute Gasteiger partial charge is 0.257 e. The molecule has 0 saturated carbocycles. The van der Waals surface area contributed by atoms with E-state index in [1.165, 1.54) is 5.56 Å². The zero-order valence-electron chi connectivity index (χ0n) is 17.2. The minimum absolute atomic E-state index is 0.0490. The summed E-state index contributed by atoms with van der Waals surface area (Å²) in [5.41, 5.74) is 4.79. The molecule has 152 valence electrons. The van der Waals surface area contributed by atoms with Gasteiger partial charge in [-0.25, -0.2) is 0 Å². The molecule has 0 aliphatic carbocycles. The fourth-order valence-electron chi connectivity index (χ4n) is 3.63. The van der Waals surface area contributed by atoms with Crippen molar-refractivity contribution in [2.24, 2.45) is 0 Å². The summed E-state index contributed by atoms with van der Waals surface area (Å²) in [5.74, 6) is 0.841. The highest BCUT2D eigenvalue weighted by atomic mass is 16.5. The Bertz CT molecular complexity index is 1030. The number of para-hydroxylation sites is 1. The van der Waals surface area contributed by atoms with E-state index >= 15 is 0 Å². The first-order valence-electron chi connectivity index (χ1n) is 10.2. The van der Waals surface area contributed by atoms with Crippen molar-refractivity contribution in [3.63, 3.8) is 0 Å². The van der Waals surface area contributed by atoms with Crippen LogP contribution in [-0.2, 0) is 6.42 Å². The van der Waals surface area contributed by atoms with Gasteiger partial charge in [0.25, 0.3) is 5.91 Å². The van der Waals surface area contributed by atoms with Crippen molar-refractivity contribution in [1.29, 1.82) is 0 Å². The number of hydrogen-bond acceptors (Lipinski definition) is 3. The molecule has 0 radical (unpaired) electrons. The van der Waals surface area contributed by atoms with Crippen LogP contribution in [0.15, 0.2) is 91.0 Å². The second-order valence-electron chi connectivity index (χ2n) is 7.64. The first-order valence-corrected chi connectivity index (χ1v) is 10.2. The van der Waals surface area contributed by atoms with Crippen molar-refractivity contribution < 1.29 is 9.53 Å². The van der Waals surface area contributed by atoms with Crippen molar-refractivity contribution in [2.45, 2.75) is 19.5 Å². The van der Waals surface area contributed by atoms with E-state index in [9.17, 15) is 4.79 Å². The molecule has 0 saturated heterocycles. The van der Waals surface area contributed by atoms with E-state index in [-0.39, 0.29) is 12.1 Å². The Labute approximate surface area is 177 Å². The number of anilines is 1. The second-order valence-corrected chi connectivity index (χ2v) is 7.64. The van der Waals surface area contributed by atoms with Crippen LogP contribution in [0.25, 0.3) is 0 Å². The number of benzene rings is 3. The standard InChI is InChI=1S/C26H26N2O2/c1-19(2)18-30-22-14-12-21(13-15-22)25-27-24-11-7-6-10-23(24)26(29)28(25)17-16-20-8-4-3-5-9-20/h3-15,25,27H,1,16-18H2,2H3. The van der Waals surface area contributed by atoms with Gasteiger partial charge in [-0.2, -0.15) is 0 Å². The summed E-state index contributed by atoms with van der Waals surface area (Å²) in [4.78, 5) is 15.2. The predicted octanol–water partition coefficient (Wildman–Crippen LogP) is 5.45. The Hall–Kier alpha value is -3.53. The molecule has 3 aromatic carbocycles. The minimum Gasteiger partial charge on any atom is -0.489 e. The van der Waals surface area contributed by atoms with E-state index in [0.717, 1.165) is 29.0 Å². The van der Waals surface area contributed by atoms with Crippen LogP contribution < -0.4 is 10.1 Å². The van der Waals surface area contributed by atoms with Gasteiger partial charge in [0, 0.05) is 12.2 Å². The highest BCUT2D eigenvalue weighted by molar-refractivity contribution is 6.01. The molecule has 30 heavy (non-hydrogen) atoms. The Morgan fingerprint density at radius 1 is 1.00 bits per heavy atom. The Morgan fingerprint density at radius 3 is 2.43 bits per heavy atom. The zero-order chi connectivity index (χ0) is 20.9. The summed E-state index contributed by atoms with van der Waals surface area (Å²) >= 11 is 0. The number of rotatable bonds is 7. The van der Waals surface area contributed by atoms with Gasteiger partial charge in [-0.1, -0.05) is 61.2 Å². The van der Waals surface area contributed by atoms with Crippen molar-refractivity contribution in [2.75, 3.05) is 18.5 Å². The zero-order valence-corrected chi connectivity index (χ0v) is 17.2. The molecule has 0 spiro atoms. The third-order valence-corrected chi connectivity index (χ3v) is 5.19. The summed E-state index contributed by atoms with van der Waals surface area (Å²) in [6.07, 6.45) is 0.568. The molecule has 1 aliphatic rings. The molecule has 1 aliphatic heterocycles. The summed E-state index contributed by atoms with van der Waals surface area (Å²) in [7, 11) is 0. The lowest BCUT2D eigenvalue weighted by atomic mass is 10.0.